The summed E-state index contributed by atoms with van der Waals surface area (Å²) in [5.41, 5.74) is 4.13. The van der Waals surface area contributed by atoms with Gasteiger partial charge in [0.15, 0.2) is 16.6 Å². The molecule has 3 aromatic heterocycles. The lowest BCUT2D eigenvalue weighted by Crippen LogP contribution is -2.33. The third-order valence-electron chi connectivity index (χ3n) is 6.26. The van der Waals surface area contributed by atoms with Crippen LogP contribution in [0.4, 0.5) is 15.3 Å². The molecule has 0 radical (unpaired) electrons. The zero-order valence-electron chi connectivity index (χ0n) is 21.4. The summed E-state index contributed by atoms with van der Waals surface area (Å²) in [6.07, 6.45) is 6.44. The van der Waals surface area contributed by atoms with E-state index in [4.69, 9.17) is 14.8 Å². The van der Waals surface area contributed by atoms with Crippen LogP contribution in [0.25, 0.3) is 28.6 Å². The van der Waals surface area contributed by atoms with Crippen LogP contribution in [-0.4, -0.2) is 71.8 Å². The molecule has 0 aliphatic carbocycles. The number of anilines is 2. The molecule has 0 spiro atoms. The fraction of sp³-hybridized carbons (Fsp3) is 0.231. The van der Waals surface area contributed by atoms with E-state index in [1.54, 1.807) is 22.7 Å². The minimum Gasteiger partial charge on any atom is -0.466 e. The topological polar surface area (TPSA) is 110 Å². The maximum Gasteiger partial charge on any atom is 0.330 e. The van der Waals surface area contributed by atoms with Gasteiger partial charge < -0.3 is 9.64 Å². The molecular formula is C26H25FN6O4S2. The predicted molar refractivity (Wildman–Crippen MR) is 149 cm³/mol. The lowest BCUT2D eigenvalue weighted by atomic mass is 10.1. The van der Waals surface area contributed by atoms with Crippen molar-refractivity contribution in [2.75, 3.05) is 38.4 Å². The van der Waals surface area contributed by atoms with Crippen molar-refractivity contribution >= 4 is 55.6 Å². The molecule has 1 aliphatic heterocycles. The molecule has 39 heavy (non-hydrogen) atoms. The van der Waals surface area contributed by atoms with Crippen LogP contribution in [0, 0.1) is 5.82 Å². The third kappa shape index (κ3) is 5.60. The highest BCUT2D eigenvalue weighted by Crippen LogP contribution is 2.34. The Balaban J connectivity index is 1.56. The molecule has 0 amide bonds. The van der Waals surface area contributed by atoms with E-state index < -0.39 is 16.0 Å². The summed E-state index contributed by atoms with van der Waals surface area (Å²) in [5, 5.41) is 7.35. The number of fused-ring (bicyclic) bond motifs is 1. The quantitative estimate of drug-likeness (QED) is 0.243. The second-order valence-corrected chi connectivity index (χ2v) is 11.7. The molecule has 202 valence electrons. The number of sulfonamides is 1. The molecule has 10 nitrogen and oxygen atoms in total. The zero-order chi connectivity index (χ0) is 27.7. The van der Waals surface area contributed by atoms with Gasteiger partial charge in [0.1, 0.15) is 11.5 Å². The van der Waals surface area contributed by atoms with Crippen molar-refractivity contribution in [3.05, 3.63) is 71.1 Å². The number of esters is 1. The number of methoxy groups -OCH3 is 1. The number of halogens is 1. The predicted octanol–water partition coefficient (Wildman–Crippen LogP) is 3.99. The number of rotatable bonds is 7. The number of aromatic nitrogens is 4. The number of imidazole rings is 1. The molecular weight excluding hydrogens is 543 g/mol. The first-order valence-corrected chi connectivity index (χ1v) is 14.6. The molecule has 1 aromatic carbocycles. The van der Waals surface area contributed by atoms with Gasteiger partial charge >= 0.3 is 5.97 Å². The van der Waals surface area contributed by atoms with Crippen molar-refractivity contribution in [2.45, 2.75) is 6.42 Å². The van der Waals surface area contributed by atoms with Crippen LogP contribution in [0.2, 0.25) is 0 Å². The number of hydrogen-bond donors (Lipinski definition) is 0. The molecule has 1 aliphatic rings. The van der Waals surface area contributed by atoms with Crippen molar-refractivity contribution in [1.29, 1.82) is 0 Å². The first-order valence-electron chi connectivity index (χ1n) is 11.9. The summed E-state index contributed by atoms with van der Waals surface area (Å²) in [6.45, 7) is 0.655. The minimum absolute atomic E-state index is 0.281. The highest BCUT2D eigenvalue weighted by molar-refractivity contribution is 7.88. The van der Waals surface area contributed by atoms with E-state index in [1.165, 1.54) is 47.2 Å². The summed E-state index contributed by atoms with van der Waals surface area (Å²) in [4.78, 5) is 23.1. The van der Waals surface area contributed by atoms with Gasteiger partial charge in [0, 0.05) is 37.2 Å². The number of nitrogens with zero attached hydrogens (tertiary/aromatic N) is 6. The summed E-state index contributed by atoms with van der Waals surface area (Å²) in [7, 11) is -0.149. The Morgan fingerprint density at radius 1 is 1.15 bits per heavy atom. The first-order chi connectivity index (χ1) is 18.6. The van der Waals surface area contributed by atoms with E-state index in [2.05, 4.69) is 4.98 Å². The molecule has 0 saturated carbocycles. The number of benzene rings is 1. The summed E-state index contributed by atoms with van der Waals surface area (Å²) in [6, 6.07) is 9.79. The Morgan fingerprint density at radius 3 is 2.59 bits per heavy atom. The van der Waals surface area contributed by atoms with Crippen molar-refractivity contribution in [3.8, 4) is 11.3 Å². The van der Waals surface area contributed by atoms with E-state index in [1.807, 2.05) is 35.5 Å². The molecule has 13 heteroatoms. The van der Waals surface area contributed by atoms with Gasteiger partial charge in [-0.1, -0.05) is 6.08 Å². The summed E-state index contributed by atoms with van der Waals surface area (Å²) in [5.74, 6) is -0.274. The van der Waals surface area contributed by atoms with Crippen molar-refractivity contribution in [3.63, 3.8) is 0 Å². The van der Waals surface area contributed by atoms with Gasteiger partial charge in [-0.2, -0.15) is 13.9 Å². The van der Waals surface area contributed by atoms with Gasteiger partial charge in [0.25, 0.3) is 0 Å². The van der Waals surface area contributed by atoms with Gasteiger partial charge in [0.2, 0.25) is 10.0 Å². The number of hydrogen-bond acceptors (Lipinski definition) is 9. The second-order valence-electron chi connectivity index (χ2n) is 8.85. The average molecular weight is 569 g/mol. The van der Waals surface area contributed by atoms with E-state index in [0.29, 0.717) is 46.6 Å². The van der Waals surface area contributed by atoms with Gasteiger partial charge in [-0.05, 0) is 54.5 Å². The van der Waals surface area contributed by atoms with Crippen molar-refractivity contribution < 1.29 is 22.3 Å². The minimum atomic E-state index is -3.27. The normalized spacial score (nSPS) is 14.6. The number of thiazole rings is 1. The van der Waals surface area contributed by atoms with Crippen LogP contribution in [0.5, 0.6) is 0 Å². The highest BCUT2D eigenvalue weighted by Gasteiger charge is 2.23. The summed E-state index contributed by atoms with van der Waals surface area (Å²) >= 11 is 1.40. The number of carbonyl (C=O) groups is 1. The molecule has 4 aromatic rings. The lowest BCUT2D eigenvalue weighted by Gasteiger charge is -2.24. The van der Waals surface area contributed by atoms with Crippen LogP contribution in [0.1, 0.15) is 17.8 Å². The van der Waals surface area contributed by atoms with Crippen molar-refractivity contribution in [1.82, 2.24) is 23.9 Å². The second kappa shape index (κ2) is 10.7. The lowest BCUT2D eigenvalue weighted by molar-refractivity contribution is -0.134. The highest BCUT2D eigenvalue weighted by atomic mass is 32.2. The molecule has 0 bridgehead atoms. The fourth-order valence-electron chi connectivity index (χ4n) is 4.20. The Bertz CT molecular complexity index is 1710. The standard InChI is InChI=1S/C26H25FN6O4S2/c1-31(26-29-22(16-38-26)17-4-6-19(27)7-5-17)25-21(9-11-24(34)37-2)28-23-10-8-20(30-33(23)25)18-12-14-32(15-13-18)39(3,35)36/h4-12,16H,13-15H2,1-3H3. The van der Waals surface area contributed by atoms with Crippen LogP contribution < -0.4 is 4.90 Å². The summed E-state index contributed by atoms with van der Waals surface area (Å²) < 4.78 is 45.0. The van der Waals surface area contributed by atoms with Gasteiger partial charge in [-0.15, -0.1) is 11.3 Å². The van der Waals surface area contributed by atoms with Gasteiger partial charge in [0.05, 0.1) is 24.8 Å². The Kier molecular flexibility index (Phi) is 7.30. The Morgan fingerprint density at radius 2 is 1.92 bits per heavy atom. The molecule has 0 fully saturated rings. The van der Waals surface area contributed by atoms with Crippen LogP contribution >= 0.6 is 11.3 Å². The first kappa shape index (κ1) is 26.7. The smallest absolute Gasteiger partial charge is 0.330 e. The zero-order valence-corrected chi connectivity index (χ0v) is 23.0. The van der Waals surface area contributed by atoms with Crippen LogP contribution in [0.3, 0.4) is 0 Å². The molecule has 0 atom stereocenters. The average Bonchev–Trinajstić information content (AvgIpc) is 3.56. The monoisotopic (exact) mass is 568 g/mol. The Hall–Kier alpha value is -3.94. The van der Waals surface area contributed by atoms with Crippen LogP contribution in [0.15, 0.2) is 53.9 Å². The SMILES string of the molecule is COC(=O)C=Cc1nc2ccc(C3=CCN(S(C)(=O)=O)CC3)nn2c1N(C)c1nc(-c2ccc(F)cc2)cs1. The van der Waals surface area contributed by atoms with Crippen LogP contribution in [-0.2, 0) is 19.6 Å². The van der Waals surface area contributed by atoms with E-state index in [9.17, 15) is 17.6 Å². The van der Waals surface area contributed by atoms with E-state index in [-0.39, 0.29) is 12.4 Å². The fourth-order valence-corrected chi connectivity index (χ4v) is 5.77. The van der Waals surface area contributed by atoms with E-state index in [0.717, 1.165) is 11.1 Å². The molecule has 0 N–H and O–H groups in total. The maximum atomic E-state index is 13.4. The number of carbonyl (C=O) groups excluding carboxylic acids is 1. The third-order valence-corrected chi connectivity index (χ3v) is 8.45. The maximum absolute atomic E-state index is 13.4. The number of ether oxygens (including phenoxy) is 1. The Labute approximate surface area is 228 Å². The van der Waals surface area contributed by atoms with Gasteiger partial charge in [-0.3, -0.25) is 0 Å². The molecule has 4 heterocycles. The van der Waals surface area contributed by atoms with Crippen molar-refractivity contribution in [2.24, 2.45) is 0 Å². The van der Waals surface area contributed by atoms with Gasteiger partial charge in [-0.25, -0.2) is 27.6 Å². The molecule has 5 rings (SSSR count). The molecule has 0 unspecified atom stereocenters. The largest absolute Gasteiger partial charge is 0.466 e. The van der Waals surface area contributed by atoms with E-state index >= 15 is 0 Å². The molecule has 0 saturated heterocycles.